The van der Waals surface area contributed by atoms with Crippen molar-refractivity contribution in [2.75, 3.05) is 6.54 Å². The summed E-state index contributed by atoms with van der Waals surface area (Å²) in [5.41, 5.74) is -0.350. The number of amides is 3. The summed E-state index contributed by atoms with van der Waals surface area (Å²) in [5, 5.41) is 4.08. The number of hydrogen-bond acceptors (Lipinski definition) is 9. The first-order valence-electron chi connectivity index (χ1n) is 19.6. The largest absolute Gasteiger partial charge is 0.472 e. The van der Waals surface area contributed by atoms with Crippen LogP contribution < -0.4 is 14.8 Å². The lowest BCUT2D eigenvalue weighted by molar-refractivity contribution is -0.156. The van der Waals surface area contributed by atoms with Gasteiger partial charge in [-0.25, -0.2) is 13.4 Å². The Bertz CT molecular complexity index is 1910. The van der Waals surface area contributed by atoms with E-state index in [1.807, 2.05) is 6.07 Å². The van der Waals surface area contributed by atoms with E-state index in [1.165, 1.54) is 4.90 Å². The van der Waals surface area contributed by atoms with Crippen molar-refractivity contribution in [3.63, 3.8) is 0 Å². The fourth-order valence-corrected chi connectivity index (χ4v) is 10.8. The molecular formula is C40H50N4O8S. The average molecular weight is 747 g/mol. The van der Waals surface area contributed by atoms with E-state index in [4.69, 9.17) is 9.47 Å². The smallest absolute Gasteiger partial charge is 0.306 e. The molecule has 8 rings (SSSR count). The Labute approximate surface area is 310 Å². The first kappa shape index (κ1) is 36.0. The van der Waals surface area contributed by atoms with Gasteiger partial charge < -0.3 is 19.7 Å². The molecule has 12 nitrogen and oxygen atoms in total. The van der Waals surface area contributed by atoms with Gasteiger partial charge in [-0.1, -0.05) is 31.1 Å². The molecule has 0 spiro atoms. The molecule has 4 bridgehead atoms. The predicted octanol–water partition coefficient (Wildman–Crippen LogP) is 4.50. The molecule has 3 amide bonds. The highest BCUT2D eigenvalue weighted by Gasteiger charge is 2.62. The molecule has 3 heterocycles. The lowest BCUT2D eigenvalue weighted by Crippen LogP contribution is -2.57. The maximum absolute atomic E-state index is 14.8. The van der Waals surface area contributed by atoms with E-state index in [0.717, 1.165) is 80.5 Å². The normalized spacial score (nSPS) is 32.3. The quantitative estimate of drug-likeness (QED) is 0.307. The van der Waals surface area contributed by atoms with Gasteiger partial charge in [-0.05, 0) is 106 Å². The Morgan fingerprint density at radius 1 is 0.962 bits per heavy atom. The molecule has 0 radical (unpaired) electrons. The van der Waals surface area contributed by atoms with Gasteiger partial charge in [0.1, 0.15) is 23.8 Å². The Morgan fingerprint density at radius 2 is 1.74 bits per heavy atom. The highest BCUT2D eigenvalue weighted by molar-refractivity contribution is 7.91. The molecule has 2 aliphatic heterocycles. The van der Waals surface area contributed by atoms with Crippen LogP contribution in [0.5, 0.6) is 5.88 Å². The molecular weight excluding hydrogens is 697 g/mol. The van der Waals surface area contributed by atoms with Crippen molar-refractivity contribution < 1.29 is 37.1 Å². The van der Waals surface area contributed by atoms with Crippen LogP contribution in [-0.2, 0) is 40.4 Å². The number of hydrogen-bond donors (Lipinski definition) is 2. The summed E-state index contributed by atoms with van der Waals surface area (Å²) in [6.45, 7) is 3.89. The number of fused-ring (bicyclic) bond motifs is 4. The number of carbonyl (C=O) groups excluding carboxylic acids is 4. The summed E-state index contributed by atoms with van der Waals surface area (Å²) in [4.78, 5) is 62.5. The first-order chi connectivity index (χ1) is 25.5. The summed E-state index contributed by atoms with van der Waals surface area (Å²) >= 11 is 0. The highest BCUT2D eigenvalue weighted by atomic mass is 32.2. The van der Waals surface area contributed by atoms with Crippen LogP contribution in [0.15, 0.2) is 43.1 Å². The van der Waals surface area contributed by atoms with Crippen molar-refractivity contribution in [2.24, 2.45) is 23.7 Å². The zero-order chi connectivity index (χ0) is 36.9. The van der Waals surface area contributed by atoms with E-state index in [-0.39, 0.29) is 55.6 Å². The molecule has 2 N–H and O–H groups in total. The number of ether oxygens (including phenoxy) is 2. The molecule has 6 aliphatic rings. The predicted molar refractivity (Wildman–Crippen MR) is 196 cm³/mol. The number of pyridine rings is 1. The van der Waals surface area contributed by atoms with Crippen LogP contribution in [0, 0.1) is 23.7 Å². The number of sulfonamides is 1. The summed E-state index contributed by atoms with van der Waals surface area (Å²) in [7, 11) is -3.87. The van der Waals surface area contributed by atoms with Gasteiger partial charge in [-0.3, -0.25) is 23.9 Å². The molecule has 13 heteroatoms. The Morgan fingerprint density at radius 3 is 2.49 bits per heavy atom. The van der Waals surface area contributed by atoms with Crippen LogP contribution in [-0.4, -0.2) is 77.6 Å². The fourth-order valence-electron chi connectivity index (χ4n) is 9.47. The number of esters is 1. The van der Waals surface area contributed by atoms with Crippen LogP contribution in [0.4, 0.5) is 0 Å². The monoisotopic (exact) mass is 746 g/mol. The second-order valence-electron chi connectivity index (χ2n) is 16.3. The molecule has 284 valence electrons. The standard InChI is InChI=1S/C40H50N4O8S/c1-2-28-22-40(28,39(48)43-53(49,50)30-15-16-30)42-36(46)33-20-29-23-44(33)38(47)32(25-8-3-4-9-25)21-35(45)52-34-12-6-11-27(34)10-5-7-24-13-14-26-17-18-41-37(51-29)31(26)19-24/h2,13-14,17-19,25,27-30,32-34H,1,3-12,15-16,20-23H2,(H,42,46)(H,43,48)/t27-,28+,29+,32-,33?,34-,40+/m0/s1. The van der Waals surface area contributed by atoms with Gasteiger partial charge in [0, 0.05) is 23.9 Å². The third-order valence-corrected chi connectivity index (χ3v) is 14.6. The van der Waals surface area contributed by atoms with E-state index in [2.05, 4.69) is 39.8 Å². The number of aryl methyl sites for hydroxylation is 1. The minimum Gasteiger partial charge on any atom is -0.472 e. The van der Waals surface area contributed by atoms with Gasteiger partial charge >= 0.3 is 5.97 Å². The van der Waals surface area contributed by atoms with Gasteiger partial charge in [0.05, 0.1) is 24.1 Å². The molecule has 5 fully saturated rings. The molecule has 1 unspecified atom stereocenters. The van der Waals surface area contributed by atoms with E-state index in [9.17, 15) is 27.6 Å². The van der Waals surface area contributed by atoms with E-state index < -0.39 is 56.6 Å². The number of nitrogens with one attached hydrogen (secondary N) is 2. The Hall–Kier alpha value is -4.00. The SMILES string of the molecule is C=C[C@@H]1C[C@]1(NC(=O)C1C[C@@H]2CN1C(=O)[C@H](C1CCCC1)CC(=O)O[C@H]1CCC[C@@H]1CCCc1ccc3ccnc(c3c1)O2)C(=O)NS(=O)(=O)C1CC1. The van der Waals surface area contributed by atoms with Crippen LogP contribution in [0.3, 0.4) is 0 Å². The van der Waals surface area contributed by atoms with Gasteiger partial charge in [0.25, 0.3) is 5.91 Å². The molecule has 7 atom stereocenters. The average Bonchev–Trinajstić information content (AvgIpc) is 3.93. The van der Waals surface area contributed by atoms with Crippen molar-refractivity contribution in [1.29, 1.82) is 0 Å². The maximum atomic E-state index is 14.8. The first-order valence-corrected chi connectivity index (χ1v) is 21.1. The third-order valence-electron chi connectivity index (χ3n) is 12.8. The second-order valence-corrected chi connectivity index (χ2v) is 18.3. The fraction of sp³-hybridized carbons (Fsp3) is 0.625. The number of carbonyl (C=O) groups is 4. The minimum absolute atomic E-state index is 0.0276. The summed E-state index contributed by atoms with van der Waals surface area (Å²) < 4.78 is 40.4. The van der Waals surface area contributed by atoms with Crippen molar-refractivity contribution in [3.05, 3.63) is 48.7 Å². The lowest BCUT2D eigenvalue weighted by atomic mass is 9.86. The van der Waals surface area contributed by atoms with E-state index >= 15 is 0 Å². The van der Waals surface area contributed by atoms with Crippen LogP contribution >= 0.6 is 0 Å². The zero-order valence-corrected chi connectivity index (χ0v) is 31.0. The number of aromatic nitrogens is 1. The van der Waals surface area contributed by atoms with Crippen LogP contribution in [0.1, 0.15) is 95.5 Å². The minimum atomic E-state index is -3.87. The molecule has 1 saturated heterocycles. The maximum Gasteiger partial charge on any atom is 0.306 e. The molecule has 4 saturated carbocycles. The number of nitrogens with zero attached hydrogens (tertiary/aromatic N) is 2. The van der Waals surface area contributed by atoms with E-state index in [1.54, 1.807) is 12.3 Å². The van der Waals surface area contributed by atoms with Gasteiger partial charge in [0.2, 0.25) is 27.7 Å². The van der Waals surface area contributed by atoms with Gasteiger partial charge in [-0.2, -0.15) is 0 Å². The van der Waals surface area contributed by atoms with Crippen molar-refractivity contribution in [2.45, 2.75) is 125 Å². The van der Waals surface area contributed by atoms with Crippen LogP contribution in [0.2, 0.25) is 0 Å². The Kier molecular flexibility index (Phi) is 9.74. The summed E-state index contributed by atoms with van der Waals surface area (Å²) in [6.07, 6.45) is 12.8. The zero-order valence-electron chi connectivity index (χ0n) is 30.2. The lowest BCUT2D eigenvalue weighted by Gasteiger charge is -2.32. The molecule has 4 aliphatic carbocycles. The second kappa shape index (κ2) is 14.3. The molecule has 1 aromatic carbocycles. The van der Waals surface area contributed by atoms with Gasteiger partial charge in [0.15, 0.2) is 0 Å². The van der Waals surface area contributed by atoms with Crippen LogP contribution in [0.25, 0.3) is 10.8 Å². The topological polar surface area (TPSA) is 161 Å². The van der Waals surface area contributed by atoms with Crippen molar-refractivity contribution in [1.82, 2.24) is 19.9 Å². The highest BCUT2D eigenvalue weighted by Crippen LogP contribution is 2.46. The Balaban J connectivity index is 1.12. The molecule has 1 aromatic heterocycles. The summed E-state index contributed by atoms with van der Waals surface area (Å²) in [6, 6.07) is 7.18. The van der Waals surface area contributed by atoms with E-state index in [0.29, 0.717) is 18.7 Å². The summed E-state index contributed by atoms with van der Waals surface area (Å²) in [5.74, 6) is -2.52. The number of benzene rings is 1. The number of rotatable bonds is 7. The molecule has 53 heavy (non-hydrogen) atoms. The third kappa shape index (κ3) is 7.29. The van der Waals surface area contributed by atoms with Gasteiger partial charge in [-0.15, -0.1) is 6.58 Å². The van der Waals surface area contributed by atoms with Crippen molar-refractivity contribution >= 4 is 44.5 Å². The molecule has 2 aromatic rings. The van der Waals surface area contributed by atoms with Crippen molar-refractivity contribution in [3.8, 4) is 5.88 Å².